The van der Waals surface area contributed by atoms with Crippen molar-refractivity contribution in [3.8, 4) is 115 Å². The molecule has 0 saturated heterocycles. The molecule has 13 aromatic rings. The number of aliphatic hydroxyl groups is 1. The van der Waals surface area contributed by atoms with Crippen LogP contribution >= 0.6 is 0 Å². The average molecular weight is 1560 g/mol. The first kappa shape index (κ1) is 84.2. The molecule has 1 unspecified atom stereocenters. The van der Waals surface area contributed by atoms with Crippen LogP contribution in [0.3, 0.4) is 0 Å². The topological polar surface area (TPSA) is 411 Å². The van der Waals surface area contributed by atoms with Crippen molar-refractivity contribution in [1.82, 2.24) is 15.0 Å². The molecule has 2 aliphatic rings. The first-order valence-corrected chi connectivity index (χ1v) is 35.5. The van der Waals surface area contributed by atoms with Gasteiger partial charge in [0.25, 0.3) is 0 Å². The van der Waals surface area contributed by atoms with Gasteiger partial charge in [0.15, 0.2) is 11.5 Å². The minimum Gasteiger partial charge on any atom is -0.508 e. The van der Waals surface area contributed by atoms with Crippen LogP contribution in [-0.2, 0) is 38.5 Å². The first-order chi connectivity index (χ1) is 55.4. The van der Waals surface area contributed by atoms with Gasteiger partial charge in [0.2, 0.25) is 12.7 Å². The summed E-state index contributed by atoms with van der Waals surface area (Å²) in [6, 6.07) is 55.3. The number of aliphatic hydroxyl groups excluding tert-OH is 1. The molecule has 0 bridgehead atoms. The number of furan rings is 1. The molecule has 1 atom stereocenters. The lowest BCUT2D eigenvalue weighted by Crippen LogP contribution is -2.00. The number of phenolic OH excluding ortho intramolecular Hbond substituents is 14. The van der Waals surface area contributed by atoms with Crippen LogP contribution in [0.5, 0.6) is 115 Å². The van der Waals surface area contributed by atoms with Gasteiger partial charge in [-0.05, 0) is 142 Å². The van der Waals surface area contributed by atoms with E-state index < -0.39 is 6.10 Å². The van der Waals surface area contributed by atoms with Crippen LogP contribution in [0.15, 0.2) is 272 Å². The highest BCUT2D eigenvalue weighted by Crippen LogP contribution is 2.40. The van der Waals surface area contributed by atoms with Crippen molar-refractivity contribution >= 4 is 0 Å². The van der Waals surface area contributed by atoms with Gasteiger partial charge in [-0.3, -0.25) is 9.97 Å². The average Bonchev–Trinajstić information content (AvgIpc) is 1.74. The van der Waals surface area contributed by atoms with Crippen LogP contribution in [0.1, 0.15) is 85.0 Å². The molecule has 4 aromatic heterocycles. The van der Waals surface area contributed by atoms with E-state index in [1.807, 2.05) is 48.5 Å². The fraction of sp³-hybridized carbons (Fsp3) is 0.144. The third-order valence-corrected chi connectivity index (χ3v) is 17.5. The summed E-state index contributed by atoms with van der Waals surface area (Å²) in [5.74, 6) is 5.35. The van der Waals surface area contributed by atoms with Gasteiger partial charge >= 0.3 is 0 Å². The molecule has 115 heavy (non-hydrogen) atoms. The molecule has 9 aromatic carbocycles. The van der Waals surface area contributed by atoms with Crippen LogP contribution in [0.4, 0.5) is 0 Å². The van der Waals surface area contributed by atoms with Crippen molar-refractivity contribution in [2.45, 2.75) is 51.0 Å². The van der Waals surface area contributed by atoms with Crippen molar-refractivity contribution in [2.24, 2.45) is 0 Å². The van der Waals surface area contributed by atoms with Gasteiger partial charge in [0, 0.05) is 152 Å². The third kappa shape index (κ3) is 25.3. The smallest absolute Gasteiger partial charge is 0.231 e. The lowest BCUT2D eigenvalue weighted by atomic mass is 10.0. The maximum Gasteiger partial charge on any atom is 0.231 e. The summed E-state index contributed by atoms with van der Waals surface area (Å²) in [5, 5.41) is 142. The monoisotopic (exact) mass is 1560 g/mol. The number of fused-ring (bicyclic) bond motifs is 1. The van der Waals surface area contributed by atoms with E-state index in [1.54, 1.807) is 144 Å². The number of nitrogens with zero attached hydrogens (tertiary/aromatic N) is 3. The number of ether oxygens (including phenoxy) is 6. The number of hydrogen-bond donors (Lipinski definition) is 15. The molecule has 0 saturated carbocycles. The number of methoxy groups -OCH3 is 4. The molecule has 0 fully saturated rings. The van der Waals surface area contributed by atoms with Crippen LogP contribution in [0.25, 0.3) is 0 Å². The zero-order valence-corrected chi connectivity index (χ0v) is 63.0. The van der Waals surface area contributed by atoms with E-state index in [4.69, 9.17) is 53.3 Å². The van der Waals surface area contributed by atoms with Crippen LogP contribution < -0.4 is 28.4 Å². The van der Waals surface area contributed by atoms with E-state index in [0.29, 0.717) is 77.5 Å². The van der Waals surface area contributed by atoms with Crippen LogP contribution in [-0.4, -0.2) is 127 Å². The Labute approximate surface area is 662 Å². The van der Waals surface area contributed by atoms with Crippen molar-refractivity contribution in [2.75, 3.05) is 35.2 Å². The van der Waals surface area contributed by atoms with Crippen molar-refractivity contribution in [3.63, 3.8) is 0 Å². The molecule has 25 heteroatoms. The number of allylic oxidation sites excluding steroid dienone is 4. The van der Waals surface area contributed by atoms with Gasteiger partial charge < -0.3 is 109 Å². The minimum atomic E-state index is -0.950. The molecule has 5 heterocycles. The number of pyridine rings is 3. The van der Waals surface area contributed by atoms with Gasteiger partial charge in [-0.15, -0.1) is 0 Å². The third-order valence-electron chi connectivity index (χ3n) is 17.5. The van der Waals surface area contributed by atoms with Gasteiger partial charge in [-0.1, -0.05) is 78.9 Å². The van der Waals surface area contributed by atoms with E-state index in [0.717, 1.165) is 74.6 Å². The lowest BCUT2D eigenvalue weighted by Gasteiger charge is -2.15. The maximum absolute atomic E-state index is 9.98. The Hall–Kier alpha value is -14.9. The highest BCUT2D eigenvalue weighted by Gasteiger charge is 2.19. The van der Waals surface area contributed by atoms with Crippen molar-refractivity contribution in [3.05, 3.63) is 340 Å². The fourth-order valence-electron chi connectivity index (χ4n) is 11.5. The second-order valence-electron chi connectivity index (χ2n) is 25.6. The molecular weight excluding hydrogens is 1470 g/mol. The zero-order valence-electron chi connectivity index (χ0n) is 63.0. The predicted molar refractivity (Wildman–Crippen MR) is 429 cm³/mol. The Balaban J connectivity index is 0.000000154. The summed E-state index contributed by atoms with van der Waals surface area (Å²) in [5.41, 5.74) is 10.4. The van der Waals surface area contributed by atoms with E-state index in [9.17, 15) is 56.2 Å². The quantitative estimate of drug-likeness (QED) is 0.0379. The van der Waals surface area contributed by atoms with Gasteiger partial charge in [0.05, 0.1) is 34.7 Å². The number of aromatic hydroxyl groups is 14. The Bertz CT molecular complexity index is 5350. The Morgan fingerprint density at radius 1 is 0.383 bits per heavy atom. The SMILES string of the molecule is COc1cc(OC)c(Cc2ccc(O)cc2O)c(OC)c1.COc1ncccc1Cc1ccc(O)cc1O.Oc1ccc(C(O)c2cccnc2)c(O)c1.Oc1ccc(CC2=CCC=C2)c(O)c1.Oc1ccc(Cc2ccc3c(c2)OCO3)c(O)c1.Oc1ccc(Cc2cccnc2)c(O)c1.Oc1ccc(Cc2ccco2)c(O)c1. The molecule has 594 valence electrons. The molecule has 15 N–H and O–H groups in total. The summed E-state index contributed by atoms with van der Waals surface area (Å²) >= 11 is 0. The van der Waals surface area contributed by atoms with Crippen LogP contribution in [0.2, 0.25) is 0 Å². The number of phenols is 14. The molecular formula is C90H87N3O22. The van der Waals surface area contributed by atoms with Crippen molar-refractivity contribution in [1.29, 1.82) is 0 Å². The summed E-state index contributed by atoms with van der Waals surface area (Å²) in [6.45, 7) is 0.253. The summed E-state index contributed by atoms with van der Waals surface area (Å²) in [6.07, 6.45) is 19.5. The standard InChI is InChI=1S/C16H18O5.C14H12O4.C13H13NO3.C12H11NO3.C12H11NO2.C12H12O2.C11H10O3/c1-19-12-8-15(20-2)13(16(9-12)21-3)6-10-4-5-11(17)7-14(10)18;15-11-3-2-10(12(16)7-11)5-9-1-4-13-14(6-9)18-8-17-13;1-17-13-10(3-2-6-14-13)7-9-4-5-11(15)8-12(9)16;14-9-3-4-10(11(15)6-9)12(16)8-2-1-5-13-7-8;14-11-4-3-10(12(15)7-11)6-9-2-1-5-13-8-9;13-11-6-5-10(12(14)8-11)7-9-3-1-2-4-9;12-9-4-3-8(11(13)7-9)6-10-2-1-5-14-10/h4-5,7-9,17-18H,6H2,1-3H3;1-4,6-7,15-16H,5,8H2;2-6,8,15-16H,7H2,1H3;1-7,12,14-16H;1-5,7-8,14-15H,6H2;1,3-6,8,13-14H,2,7H2;1-5,7,12-13H,6H2. The Morgan fingerprint density at radius 2 is 0.852 bits per heavy atom. The van der Waals surface area contributed by atoms with E-state index in [1.165, 1.54) is 84.6 Å². The predicted octanol–water partition coefficient (Wildman–Crippen LogP) is 15.7. The molecule has 0 radical (unpaired) electrons. The van der Waals surface area contributed by atoms with Crippen molar-refractivity contribution < 1.29 is 109 Å². The van der Waals surface area contributed by atoms with Gasteiger partial charge in [-0.2, -0.15) is 0 Å². The Morgan fingerprint density at radius 3 is 1.30 bits per heavy atom. The molecule has 1 aliphatic carbocycles. The number of hydrogen-bond acceptors (Lipinski definition) is 25. The van der Waals surface area contributed by atoms with E-state index in [2.05, 4.69) is 33.2 Å². The summed E-state index contributed by atoms with van der Waals surface area (Å²) < 4.78 is 36.8. The number of rotatable bonds is 18. The minimum absolute atomic E-state index is 0.0184. The molecule has 25 nitrogen and oxygen atoms in total. The van der Waals surface area contributed by atoms with E-state index in [-0.39, 0.29) is 87.3 Å². The normalized spacial score (nSPS) is 11.4. The Kier molecular flexibility index (Phi) is 30.6. The zero-order chi connectivity index (χ0) is 82.3. The lowest BCUT2D eigenvalue weighted by molar-refractivity contribution is 0.174. The largest absolute Gasteiger partial charge is 0.508 e. The molecule has 0 spiro atoms. The number of aromatic nitrogens is 3. The van der Waals surface area contributed by atoms with Gasteiger partial charge in [-0.25, -0.2) is 4.98 Å². The summed E-state index contributed by atoms with van der Waals surface area (Å²) in [4.78, 5) is 12.0. The van der Waals surface area contributed by atoms with Gasteiger partial charge in [0.1, 0.15) is 110 Å². The molecule has 15 rings (SSSR count). The van der Waals surface area contributed by atoms with E-state index >= 15 is 0 Å². The maximum atomic E-state index is 9.98. The summed E-state index contributed by atoms with van der Waals surface area (Å²) in [7, 11) is 6.25. The highest BCUT2D eigenvalue weighted by atomic mass is 16.7. The molecule has 1 aliphatic heterocycles. The number of benzene rings is 9. The highest BCUT2D eigenvalue weighted by molar-refractivity contribution is 5.55. The first-order valence-electron chi connectivity index (χ1n) is 35.5. The molecule has 0 amide bonds. The van der Waals surface area contributed by atoms with Crippen LogP contribution in [0, 0.1) is 0 Å². The second kappa shape index (κ2) is 41.8. The second-order valence-corrected chi connectivity index (χ2v) is 25.6. The fourth-order valence-corrected chi connectivity index (χ4v) is 11.5.